The fraction of sp³-hybridized carbons (Fsp3) is 0.611. The highest BCUT2D eigenvalue weighted by molar-refractivity contribution is 6.31. The first-order valence-electron chi connectivity index (χ1n) is 8.08. The van der Waals surface area contributed by atoms with Gasteiger partial charge < -0.3 is 14.7 Å². The van der Waals surface area contributed by atoms with Crippen LogP contribution in [0.1, 0.15) is 58.3 Å². The number of aliphatic hydroxyl groups is 1. The topological polar surface area (TPSA) is 49.8 Å². The van der Waals surface area contributed by atoms with Crippen LogP contribution >= 0.6 is 11.6 Å². The van der Waals surface area contributed by atoms with Gasteiger partial charge >= 0.3 is 6.09 Å². The Kier molecular flexibility index (Phi) is 7.36. The molecule has 0 saturated carbocycles. The molecule has 0 heterocycles. The number of ether oxygens (including phenoxy) is 1. The van der Waals surface area contributed by atoms with E-state index in [1.54, 1.807) is 17.9 Å². The monoisotopic (exact) mass is 341 g/mol. The molecule has 1 unspecified atom stereocenters. The number of hydrogen-bond acceptors (Lipinski definition) is 3. The summed E-state index contributed by atoms with van der Waals surface area (Å²) in [5.41, 5.74) is 1.25. The van der Waals surface area contributed by atoms with Gasteiger partial charge in [-0.05, 0) is 57.7 Å². The van der Waals surface area contributed by atoms with Crippen molar-refractivity contribution in [3.05, 3.63) is 34.3 Å². The molecule has 0 bridgehead atoms. The minimum absolute atomic E-state index is 0.288. The first kappa shape index (κ1) is 19.8. The van der Waals surface area contributed by atoms with Gasteiger partial charge in [0.2, 0.25) is 0 Å². The van der Waals surface area contributed by atoms with Crippen LogP contribution in [0.5, 0.6) is 0 Å². The average molecular weight is 342 g/mol. The molecule has 23 heavy (non-hydrogen) atoms. The van der Waals surface area contributed by atoms with Gasteiger partial charge in [0.1, 0.15) is 5.60 Å². The summed E-state index contributed by atoms with van der Waals surface area (Å²) in [6.07, 6.45) is 0.665. The molecule has 1 N–H and O–H groups in total. The van der Waals surface area contributed by atoms with Crippen molar-refractivity contribution in [3.63, 3.8) is 0 Å². The lowest BCUT2D eigenvalue weighted by atomic mass is 10.0. The third-order valence-corrected chi connectivity index (χ3v) is 3.67. The van der Waals surface area contributed by atoms with Crippen molar-refractivity contribution in [1.29, 1.82) is 0 Å². The summed E-state index contributed by atoms with van der Waals surface area (Å²) >= 11 is 6.08. The first-order chi connectivity index (χ1) is 10.6. The molecule has 1 aromatic rings. The largest absolute Gasteiger partial charge is 0.444 e. The van der Waals surface area contributed by atoms with Crippen LogP contribution in [-0.2, 0) is 11.2 Å². The van der Waals surface area contributed by atoms with Crippen LogP contribution in [0.15, 0.2) is 18.2 Å². The molecule has 0 spiro atoms. The van der Waals surface area contributed by atoms with E-state index in [-0.39, 0.29) is 6.09 Å². The highest BCUT2D eigenvalue weighted by Gasteiger charge is 2.21. The maximum Gasteiger partial charge on any atom is 0.410 e. The fourth-order valence-corrected chi connectivity index (χ4v) is 2.50. The molecule has 0 saturated heterocycles. The second-order valence-corrected chi connectivity index (χ2v) is 7.16. The summed E-state index contributed by atoms with van der Waals surface area (Å²) in [6.45, 7) is 10.5. The Morgan fingerprint density at radius 2 is 2.00 bits per heavy atom. The normalized spacial score (nSPS) is 12.8. The standard InChI is InChI=1S/C18H28ClNO3/c1-6-10-20(17(22)23-18(3,4)5)11-9-14-7-8-16(19)15(12-14)13(2)21/h7-8,12-13,21H,6,9-11H2,1-5H3. The van der Waals surface area contributed by atoms with Gasteiger partial charge in [-0.25, -0.2) is 4.79 Å². The molecule has 130 valence electrons. The summed E-state index contributed by atoms with van der Waals surface area (Å²) in [5, 5.41) is 10.3. The Labute approximate surface area is 144 Å². The Morgan fingerprint density at radius 3 is 2.52 bits per heavy atom. The molecule has 0 fully saturated rings. The molecular weight excluding hydrogens is 314 g/mol. The molecule has 5 heteroatoms. The molecule has 0 radical (unpaired) electrons. The molecule has 4 nitrogen and oxygen atoms in total. The van der Waals surface area contributed by atoms with Gasteiger partial charge in [0.25, 0.3) is 0 Å². The van der Waals surface area contributed by atoms with Crippen LogP contribution in [0.4, 0.5) is 4.79 Å². The Bertz CT molecular complexity index is 523. The van der Waals surface area contributed by atoms with E-state index in [9.17, 15) is 9.90 Å². The van der Waals surface area contributed by atoms with Crippen molar-refractivity contribution in [3.8, 4) is 0 Å². The lowest BCUT2D eigenvalue weighted by Gasteiger charge is -2.27. The highest BCUT2D eigenvalue weighted by atomic mass is 35.5. The maximum absolute atomic E-state index is 12.2. The van der Waals surface area contributed by atoms with Crippen molar-refractivity contribution >= 4 is 17.7 Å². The van der Waals surface area contributed by atoms with E-state index in [1.165, 1.54) is 0 Å². The van der Waals surface area contributed by atoms with Crippen molar-refractivity contribution in [2.24, 2.45) is 0 Å². The molecule has 1 aromatic carbocycles. The summed E-state index contributed by atoms with van der Waals surface area (Å²) in [5.74, 6) is 0. The minimum Gasteiger partial charge on any atom is -0.444 e. The van der Waals surface area contributed by atoms with E-state index < -0.39 is 11.7 Å². The Morgan fingerprint density at radius 1 is 1.35 bits per heavy atom. The van der Waals surface area contributed by atoms with Gasteiger partial charge in [-0.2, -0.15) is 0 Å². The van der Waals surface area contributed by atoms with Crippen LogP contribution < -0.4 is 0 Å². The van der Waals surface area contributed by atoms with Crippen molar-refractivity contribution < 1.29 is 14.6 Å². The number of carbonyl (C=O) groups excluding carboxylic acids is 1. The predicted molar refractivity (Wildman–Crippen MR) is 93.9 cm³/mol. The maximum atomic E-state index is 12.2. The zero-order valence-corrected chi connectivity index (χ0v) is 15.5. The zero-order valence-electron chi connectivity index (χ0n) is 14.7. The van der Waals surface area contributed by atoms with Crippen molar-refractivity contribution in [2.45, 2.75) is 59.2 Å². The number of carbonyl (C=O) groups is 1. The van der Waals surface area contributed by atoms with Crippen LogP contribution in [0.25, 0.3) is 0 Å². The van der Waals surface area contributed by atoms with Crippen LogP contribution in [0, 0.1) is 0 Å². The van der Waals surface area contributed by atoms with Gasteiger partial charge in [0.15, 0.2) is 0 Å². The van der Waals surface area contributed by atoms with E-state index in [4.69, 9.17) is 16.3 Å². The second-order valence-electron chi connectivity index (χ2n) is 6.75. The minimum atomic E-state index is -0.611. The molecule has 1 atom stereocenters. The number of hydrogen-bond donors (Lipinski definition) is 1. The molecule has 0 aromatic heterocycles. The number of amides is 1. The van der Waals surface area contributed by atoms with Gasteiger partial charge in [0.05, 0.1) is 6.10 Å². The quantitative estimate of drug-likeness (QED) is 0.823. The predicted octanol–water partition coefficient (Wildman–Crippen LogP) is 4.58. The van der Waals surface area contributed by atoms with Crippen LogP contribution in [0.3, 0.4) is 0 Å². The van der Waals surface area contributed by atoms with E-state index in [2.05, 4.69) is 0 Å². The van der Waals surface area contributed by atoms with Crippen molar-refractivity contribution in [1.82, 2.24) is 4.90 Å². The molecule has 0 aliphatic heterocycles. The second kappa shape index (κ2) is 8.55. The summed E-state index contributed by atoms with van der Waals surface area (Å²) in [4.78, 5) is 14.0. The average Bonchev–Trinajstić information content (AvgIpc) is 2.42. The number of halogens is 1. The Hall–Kier alpha value is -1.26. The SMILES string of the molecule is CCCN(CCc1ccc(Cl)c(C(C)O)c1)C(=O)OC(C)(C)C. The molecule has 1 rings (SSSR count). The summed E-state index contributed by atoms with van der Waals surface area (Å²) < 4.78 is 5.45. The lowest BCUT2D eigenvalue weighted by Crippen LogP contribution is -2.38. The Balaban J connectivity index is 2.75. The molecule has 0 aliphatic rings. The molecule has 0 aliphatic carbocycles. The van der Waals surface area contributed by atoms with Gasteiger partial charge in [-0.1, -0.05) is 30.7 Å². The van der Waals surface area contributed by atoms with Crippen LogP contribution in [-0.4, -0.2) is 34.8 Å². The third kappa shape index (κ3) is 6.80. The third-order valence-electron chi connectivity index (χ3n) is 3.33. The number of rotatable bonds is 6. The van der Waals surface area contributed by atoms with Gasteiger partial charge in [-0.3, -0.25) is 0 Å². The lowest BCUT2D eigenvalue weighted by molar-refractivity contribution is 0.0252. The van der Waals surface area contributed by atoms with E-state index in [0.29, 0.717) is 30.1 Å². The van der Waals surface area contributed by atoms with Gasteiger partial charge in [-0.15, -0.1) is 0 Å². The molecular formula is C18H28ClNO3. The van der Waals surface area contributed by atoms with Gasteiger partial charge in [0, 0.05) is 18.1 Å². The summed E-state index contributed by atoms with van der Waals surface area (Å²) in [7, 11) is 0. The van der Waals surface area contributed by atoms with E-state index in [1.807, 2.05) is 39.8 Å². The fourth-order valence-electron chi connectivity index (χ4n) is 2.22. The zero-order chi connectivity index (χ0) is 17.6. The summed E-state index contributed by atoms with van der Waals surface area (Å²) in [6, 6.07) is 5.61. The number of benzene rings is 1. The smallest absolute Gasteiger partial charge is 0.410 e. The van der Waals surface area contributed by atoms with Crippen molar-refractivity contribution in [2.75, 3.05) is 13.1 Å². The number of nitrogens with zero attached hydrogens (tertiary/aromatic N) is 1. The van der Waals surface area contributed by atoms with E-state index in [0.717, 1.165) is 12.0 Å². The number of aliphatic hydroxyl groups excluding tert-OH is 1. The van der Waals surface area contributed by atoms with Crippen LogP contribution in [0.2, 0.25) is 5.02 Å². The highest BCUT2D eigenvalue weighted by Crippen LogP contribution is 2.24. The first-order valence-corrected chi connectivity index (χ1v) is 8.46. The molecule has 1 amide bonds. The van der Waals surface area contributed by atoms with E-state index >= 15 is 0 Å².